The highest BCUT2D eigenvalue weighted by atomic mass is 35.5. The van der Waals surface area contributed by atoms with Gasteiger partial charge >= 0.3 is 0 Å². The molecule has 266 valence electrons. The third-order valence-electron chi connectivity index (χ3n) is 11.9. The van der Waals surface area contributed by atoms with Crippen molar-refractivity contribution in [2.45, 2.75) is 64.5 Å². The Morgan fingerprint density at radius 3 is 1.93 bits per heavy atom. The highest BCUT2D eigenvalue weighted by Crippen LogP contribution is 2.53. The molecule has 54 heavy (non-hydrogen) atoms. The number of halogens is 4. The maximum atomic E-state index is 14.6. The van der Waals surface area contributed by atoms with Crippen LogP contribution in [0.5, 0.6) is 0 Å². The van der Waals surface area contributed by atoms with E-state index in [1.54, 1.807) is 21.1 Å². The Hall–Kier alpha value is -4.46. The van der Waals surface area contributed by atoms with E-state index in [0.29, 0.717) is 79.7 Å². The Labute approximate surface area is 327 Å². The number of benzene rings is 6. The molecule has 2 atom stereocenters. The molecule has 0 fully saturated rings. The first-order valence-electron chi connectivity index (χ1n) is 18.5. The lowest BCUT2D eigenvalue weighted by molar-refractivity contribution is 0.570. The van der Waals surface area contributed by atoms with E-state index in [-0.39, 0.29) is 23.2 Å². The van der Waals surface area contributed by atoms with Gasteiger partial charge in [-0.25, -0.2) is 4.98 Å². The molecule has 9 aromatic rings. The summed E-state index contributed by atoms with van der Waals surface area (Å²) in [4.78, 5) is 39.4. The number of aryl methyl sites for hydroxylation is 1. The number of allylic oxidation sites excluding steroid dienone is 2. The highest BCUT2D eigenvalue weighted by molar-refractivity contribution is 6.56. The van der Waals surface area contributed by atoms with Crippen LogP contribution in [0.25, 0.3) is 81.3 Å². The van der Waals surface area contributed by atoms with Crippen LogP contribution in [0, 0.1) is 0 Å². The standard InChI is InChI=1S/C44H30Cl4N4O2/c1-3-5-7-19-9-11-29-31(13-19)51-41(49-29)21-15-25(45)35-38-28(48)18-24-34-22(42-50-30-12-10-20(8-6-4-2)14-32(30)52(42)44(24)54)16-26(46)36(40(34)38)37-27(47)17-23(43(51)53)33(21)39(35)37/h9-18,29,31H,3-8H2,1-2H3. The van der Waals surface area contributed by atoms with Crippen molar-refractivity contribution in [1.82, 2.24) is 14.0 Å². The van der Waals surface area contributed by atoms with Crippen molar-refractivity contribution in [2.75, 3.05) is 0 Å². The average molecular weight is 789 g/mol. The normalized spacial score (nSPS) is 17.1. The van der Waals surface area contributed by atoms with E-state index in [4.69, 9.17) is 56.4 Å². The van der Waals surface area contributed by atoms with Gasteiger partial charge in [0.15, 0.2) is 0 Å². The molecule has 3 aromatic heterocycles. The third-order valence-corrected chi connectivity index (χ3v) is 13.1. The maximum absolute atomic E-state index is 14.6. The van der Waals surface area contributed by atoms with Crippen molar-refractivity contribution in [3.63, 3.8) is 0 Å². The number of nitrogens with zero attached hydrogens (tertiary/aromatic N) is 4. The van der Waals surface area contributed by atoms with Crippen LogP contribution in [-0.2, 0) is 6.42 Å². The van der Waals surface area contributed by atoms with Gasteiger partial charge in [0.1, 0.15) is 11.1 Å². The van der Waals surface area contributed by atoms with Gasteiger partial charge in [0.05, 0.1) is 33.9 Å². The molecule has 0 saturated carbocycles. The number of aromatic nitrogens is 3. The largest absolute Gasteiger partial charge is 0.283 e. The number of pyridine rings is 2. The number of rotatable bonds is 6. The molecule has 0 saturated heterocycles. The lowest BCUT2D eigenvalue weighted by atomic mass is 9.85. The minimum absolute atomic E-state index is 0.160. The summed E-state index contributed by atoms with van der Waals surface area (Å²) in [5, 5.41) is 9.40. The predicted octanol–water partition coefficient (Wildman–Crippen LogP) is 11.7. The molecule has 0 N–H and O–H groups in total. The number of imidazole rings is 1. The molecule has 0 spiro atoms. The second kappa shape index (κ2) is 11.5. The van der Waals surface area contributed by atoms with E-state index in [9.17, 15) is 9.59 Å². The number of hydrogen-bond acceptors (Lipinski definition) is 4. The van der Waals surface area contributed by atoms with Gasteiger partial charge in [-0.2, -0.15) is 0 Å². The zero-order chi connectivity index (χ0) is 36.9. The van der Waals surface area contributed by atoms with Gasteiger partial charge in [-0.15, -0.1) is 0 Å². The first-order chi connectivity index (χ1) is 26.2. The fourth-order valence-corrected chi connectivity index (χ4v) is 10.7. The van der Waals surface area contributed by atoms with E-state index >= 15 is 0 Å². The van der Waals surface area contributed by atoms with Gasteiger partial charge < -0.3 is 0 Å². The molecule has 11 rings (SSSR count). The second-order valence-corrected chi connectivity index (χ2v) is 16.6. The van der Waals surface area contributed by atoms with E-state index < -0.39 is 0 Å². The van der Waals surface area contributed by atoms with Crippen LogP contribution < -0.4 is 16.6 Å². The van der Waals surface area contributed by atoms with Crippen LogP contribution in [0.1, 0.15) is 57.6 Å². The van der Waals surface area contributed by atoms with Crippen LogP contribution >= 0.6 is 46.4 Å². The third kappa shape index (κ3) is 4.15. The van der Waals surface area contributed by atoms with E-state index in [2.05, 4.69) is 44.2 Å². The van der Waals surface area contributed by atoms with Crippen LogP contribution in [0.3, 0.4) is 0 Å². The first-order valence-corrected chi connectivity index (χ1v) is 20.1. The van der Waals surface area contributed by atoms with Crippen molar-refractivity contribution in [3.8, 4) is 0 Å². The Kier molecular flexibility index (Phi) is 7.03. The average Bonchev–Trinajstić information content (AvgIpc) is 3.74. The SMILES string of the molecule is CCCCC1=CC2C(C=C1)N=c1c3cc(Cl)c4c5c(Cl)cc6c(=O)n7c8cc(CCCC)ccc8nc7c7cc(Cl)c(c8c(Cl)cc(c(=O)n12)c3c48)c5c67. The highest BCUT2D eigenvalue weighted by Gasteiger charge is 2.33. The Morgan fingerprint density at radius 1 is 0.667 bits per heavy atom. The minimum Gasteiger partial charge on any atom is -0.283 e. The van der Waals surface area contributed by atoms with E-state index in [1.165, 1.54) is 5.57 Å². The zero-order valence-electron chi connectivity index (χ0n) is 29.3. The van der Waals surface area contributed by atoms with Crippen LogP contribution in [0.4, 0.5) is 0 Å². The summed E-state index contributed by atoms with van der Waals surface area (Å²) in [6, 6.07) is 13.0. The predicted molar refractivity (Wildman–Crippen MR) is 226 cm³/mol. The lowest BCUT2D eigenvalue weighted by Gasteiger charge is -2.23. The van der Waals surface area contributed by atoms with Crippen molar-refractivity contribution < 1.29 is 0 Å². The van der Waals surface area contributed by atoms with Gasteiger partial charge in [-0.3, -0.25) is 23.5 Å². The molecule has 4 heterocycles. The van der Waals surface area contributed by atoms with Crippen molar-refractivity contribution in [1.29, 1.82) is 0 Å². The monoisotopic (exact) mass is 786 g/mol. The van der Waals surface area contributed by atoms with Gasteiger partial charge in [0.25, 0.3) is 11.1 Å². The summed E-state index contributed by atoms with van der Waals surface area (Å²) < 4.78 is 3.49. The molecule has 6 nitrogen and oxygen atoms in total. The van der Waals surface area contributed by atoms with Gasteiger partial charge in [0.2, 0.25) is 0 Å². The fourth-order valence-electron chi connectivity index (χ4n) is 9.48. The summed E-state index contributed by atoms with van der Waals surface area (Å²) in [5.74, 6) is 0. The van der Waals surface area contributed by atoms with Crippen LogP contribution in [0.2, 0.25) is 20.1 Å². The number of hydrogen-bond donors (Lipinski definition) is 0. The topological polar surface area (TPSA) is 68.7 Å². The number of fused-ring (bicyclic) bond motifs is 10. The van der Waals surface area contributed by atoms with E-state index in [0.717, 1.165) is 71.3 Å². The molecular formula is C44H30Cl4N4O2. The second-order valence-electron chi connectivity index (χ2n) is 14.9. The quantitative estimate of drug-likeness (QED) is 0.124. The fraction of sp³-hybridized carbons (Fsp3) is 0.227. The number of unbranched alkanes of at least 4 members (excludes halogenated alkanes) is 2. The summed E-state index contributed by atoms with van der Waals surface area (Å²) in [7, 11) is 0. The smallest absolute Gasteiger partial charge is 0.264 e. The van der Waals surface area contributed by atoms with Gasteiger partial charge in [-0.05, 0) is 67.6 Å². The van der Waals surface area contributed by atoms with Crippen LogP contribution in [0.15, 0.2) is 80.8 Å². The Morgan fingerprint density at radius 2 is 1.26 bits per heavy atom. The molecule has 0 amide bonds. The molecule has 1 aliphatic heterocycles. The first kappa shape index (κ1) is 32.9. The summed E-state index contributed by atoms with van der Waals surface area (Å²) in [5.41, 5.74) is 4.59. The molecule has 0 radical (unpaired) electrons. The Bertz CT molecular complexity index is 3400. The summed E-state index contributed by atoms with van der Waals surface area (Å²) >= 11 is 29.4. The maximum Gasteiger partial charge on any atom is 0.264 e. The molecule has 0 bridgehead atoms. The molecule has 10 heteroatoms. The van der Waals surface area contributed by atoms with Gasteiger partial charge in [0, 0.05) is 74.0 Å². The lowest BCUT2D eigenvalue weighted by Crippen LogP contribution is -2.34. The molecule has 6 aromatic carbocycles. The molecular weight excluding hydrogens is 758 g/mol. The Balaban J connectivity index is 1.29. The van der Waals surface area contributed by atoms with Gasteiger partial charge in [-0.1, -0.05) is 103 Å². The minimum atomic E-state index is -0.234. The van der Waals surface area contributed by atoms with E-state index in [1.807, 2.05) is 18.2 Å². The van der Waals surface area contributed by atoms with Crippen LogP contribution in [-0.4, -0.2) is 20.0 Å². The molecule has 2 aliphatic rings. The van der Waals surface area contributed by atoms with Crippen molar-refractivity contribution in [2.24, 2.45) is 4.99 Å². The van der Waals surface area contributed by atoms with Crippen molar-refractivity contribution in [3.05, 3.63) is 118 Å². The summed E-state index contributed by atoms with van der Waals surface area (Å²) in [6.07, 6.45) is 12.6. The zero-order valence-corrected chi connectivity index (χ0v) is 32.3. The molecule has 2 unspecified atom stereocenters. The summed E-state index contributed by atoms with van der Waals surface area (Å²) in [6.45, 7) is 4.34. The molecule has 1 aliphatic carbocycles. The van der Waals surface area contributed by atoms with Crippen molar-refractivity contribution >= 4 is 128 Å².